The molecule has 1 aliphatic heterocycles. The molecule has 0 atom stereocenters. The van der Waals surface area contributed by atoms with E-state index in [0.29, 0.717) is 16.8 Å². The number of amides is 1. The second-order valence-corrected chi connectivity index (χ2v) is 9.04. The molecular formula is C18H16ClF4N3O4S. The van der Waals surface area contributed by atoms with Crippen LogP contribution in [0.15, 0.2) is 46.2 Å². The SMILES string of the molecule is O=C(Cn1cc(C(F)(F)F)cc(Cl)c1=O)N1CCN(S(=O)(=O)c2ccccc2F)CC1. The van der Waals surface area contributed by atoms with Crippen molar-refractivity contribution in [3.63, 3.8) is 0 Å². The highest BCUT2D eigenvalue weighted by molar-refractivity contribution is 7.89. The van der Waals surface area contributed by atoms with Crippen LogP contribution in [-0.2, 0) is 27.5 Å². The smallest absolute Gasteiger partial charge is 0.339 e. The zero-order valence-electron chi connectivity index (χ0n) is 15.8. The molecule has 1 aromatic carbocycles. The Kier molecular flexibility index (Phi) is 6.44. The minimum Gasteiger partial charge on any atom is -0.339 e. The van der Waals surface area contributed by atoms with E-state index in [0.717, 1.165) is 16.4 Å². The Morgan fingerprint density at radius 2 is 1.71 bits per heavy atom. The summed E-state index contributed by atoms with van der Waals surface area (Å²) in [7, 11) is -4.11. The Balaban J connectivity index is 1.71. The molecule has 31 heavy (non-hydrogen) atoms. The number of carbonyl (C=O) groups excluding carboxylic acids is 1. The van der Waals surface area contributed by atoms with Gasteiger partial charge < -0.3 is 9.47 Å². The molecule has 1 saturated heterocycles. The number of alkyl halides is 3. The molecule has 0 saturated carbocycles. The summed E-state index contributed by atoms with van der Waals surface area (Å²) in [4.78, 5) is 25.2. The number of carbonyl (C=O) groups is 1. The maximum Gasteiger partial charge on any atom is 0.417 e. The van der Waals surface area contributed by atoms with Crippen molar-refractivity contribution in [2.45, 2.75) is 17.6 Å². The Labute approximate surface area is 179 Å². The number of hydrogen-bond donors (Lipinski definition) is 0. The largest absolute Gasteiger partial charge is 0.417 e. The molecule has 0 aliphatic carbocycles. The summed E-state index contributed by atoms with van der Waals surface area (Å²) >= 11 is 5.57. The molecule has 0 N–H and O–H groups in total. The third-order valence-corrected chi connectivity index (χ3v) is 6.92. The summed E-state index contributed by atoms with van der Waals surface area (Å²) in [5, 5.41) is -0.677. The molecule has 2 aromatic rings. The standard InChI is InChI=1S/C18H16ClF4N3O4S/c19-13-9-12(18(21,22)23)10-25(17(13)28)11-16(27)24-5-7-26(8-6-24)31(29,30)15-4-2-1-3-14(15)20/h1-4,9-10H,5-8,11H2. The number of benzene rings is 1. The van der Waals surface area contributed by atoms with Crippen LogP contribution in [0.25, 0.3) is 0 Å². The number of sulfonamides is 1. The van der Waals surface area contributed by atoms with Gasteiger partial charge in [0.2, 0.25) is 15.9 Å². The lowest BCUT2D eigenvalue weighted by atomic mass is 10.2. The van der Waals surface area contributed by atoms with Crippen molar-refractivity contribution in [1.82, 2.24) is 13.8 Å². The van der Waals surface area contributed by atoms with E-state index in [-0.39, 0.29) is 26.2 Å². The van der Waals surface area contributed by atoms with Gasteiger partial charge in [-0.1, -0.05) is 23.7 Å². The van der Waals surface area contributed by atoms with Crippen LogP contribution < -0.4 is 5.56 Å². The number of hydrogen-bond acceptors (Lipinski definition) is 4. The number of halogens is 5. The first-order chi connectivity index (χ1) is 14.4. The highest BCUT2D eigenvalue weighted by Crippen LogP contribution is 2.29. The van der Waals surface area contributed by atoms with Crippen LogP contribution in [0.3, 0.4) is 0 Å². The Hall–Kier alpha value is -2.44. The predicted octanol–water partition coefficient (Wildman–Crippen LogP) is 2.19. The van der Waals surface area contributed by atoms with Crippen molar-refractivity contribution in [2.75, 3.05) is 26.2 Å². The lowest BCUT2D eigenvalue weighted by Gasteiger charge is -2.34. The molecule has 1 aromatic heterocycles. The first-order valence-corrected chi connectivity index (χ1v) is 10.7. The van der Waals surface area contributed by atoms with Crippen LogP contribution in [0, 0.1) is 5.82 Å². The van der Waals surface area contributed by atoms with E-state index in [4.69, 9.17) is 11.6 Å². The third kappa shape index (κ3) is 4.91. The normalized spacial score (nSPS) is 15.8. The Morgan fingerprint density at radius 3 is 2.29 bits per heavy atom. The maximum absolute atomic E-state index is 13.9. The molecule has 0 unspecified atom stereocenters. The zero-order chi connectivity index (χ0) is 23.0. The first-order valence-electron chi connectivity index (χ1n) is 8.91. The predicted molar refractivity (Wildman–Crippen MR) is 102 cm³/mol. The highest BCUT2D eigenvalue weighted by atomic mass is 35.5. The van der Waals surface area contributed by atoms with Gasteiger partial charge in [-0.2, -0.15) is 17.5 Å². The van der Waals surface area contributed by atoms with Crippen molar-refractivity contribution in [1.29, 1.82) is 0 Å². The van der Waals surface area contributed by atoms with Gasteiger partial charge in [-0.3, -0.25) is 9.59 Å². The summed E-state index contributed by atoms with van der Waals surface area (Å²) in [6.45, 7) is -1.12. The maximum atomic E-state index is 13.9. The topological polar surface area (TPSA) is 79.7 Å². The number of pyridine rings is 1. The molecule has 0 bridgehead atoms. The van der Waals surface area contributed by atoms with Crippen molar-refractivity contribution >= 4 is 27.5 Å². The second kappa shape index (κ2) is 8.60. The van der Waals surface area contributed by atoms with Crippen LogP contribution in [0.5, 0.6) is 0 Å². The average Bonchev–Trinajstić information content (AvgIpc) is 2.70. The molecule has 13 heteroatoms. The van der Waals surface area contributed by atoms with Gasteiger partial charge in [-0.15, -0.1) is 0 Å². The van der Waals surface area contributed by atoms with Gasteiger partial charge in [0, 0.05) is 32.4 Å². The lowest BCUT2D eigenvalue weighted by molar-refractivity contribution is -0.139. The summed E-state index contributed by atoms with van der Waals surface area (Å²) < 4.78 is 79.5. The summed E-state index contributed by atoms with van der Waals surface area (Å²) in [5.41, 5.74) is -2.13. The average molecular weight is 482 g/mol. The van der Waals surface area contributed by atoms with Crippen LogP contribution in [-0.4, -0.2) is 54.3 Å². The number of aromatic nitrogens is 1. The molecular weight excluding hydrogens is 466 g/mol. The number of piperazine rings is 1. The van der Waals surface area contributed by atoms with Gasteiger partial charge >= 0.3 is 6.18 Å². The van der Waals surface area contributed by atoms with Crippen LogP contribution in [0.4, 0.5) is 17.6 Å². The van der Waals surface area contributed by atoms with Crippen molar-refractivity contribution < 1.29 is 30.8 Å². The minimum atomic E-state index is -4.76. The molecule has 1 fully saturated rings. The van der Waals surface area contributed by atoms with Gasteiger partial charge in [0.05, 0.1) is 5.56 Å². The second-order valence-electron chi connectivity index (χ2n) is 6.72. The van der Waals surface area contributed by atoms with E-state index in [2.05, 4.69) is 0 Å². The van der Waals surface area contributed by atoms with E-state index < -0.39 is 55.5 Å². The number of nitrogens with zero attached hydrogens (tertiary/aromatic N) is 3. The molecule has 168 valence electrons. The van der Waals surface area contributed by atoms with Gasteiger partial charge in [0.15, 0.2) is 0 Å². The van der Waals surface area contributed by atoms with Crippen molar-refractivity contribution in [2.24, 2.45) is 0 Å². The minimum absolute atomic E-state index is 0.0754. The molecule has 7 nitrogen and oxygen atoms in total. The molecule has 2 heterocycles. The highest BCUT2D eigenvalue weighted by Gasteiger charge is 2.34. The van der Waals surface area contributed by atoms with E-state index in [1.807, 2.05) is 0 Å². The van der Waals surface area contributed by atoms with Gasteiger partial charge in [0.25, 0.3) is 5.56 Å². The summed E-state index contributed by atoms with van der Waals surface area (Å²) in [6, 6.07) is 5.37. The fourth-order valence-electron chi connectivity index (χ4n) is 3.09. The zero-order valence-corrected chi connectivity index (χ0v) is 17.3. The third-order valence-electron chi connectivity index (χ3n) is 4.72. The van der Waals surface area contributed by atoms with E-state index in [1.165, 1.54) is 17.0 Å². The van der Waals surface area contributed by atoms with Gasteiger partial charge in [-0.25, -0.2) is 12.8 Å². The van der Waals surface area contributed by atoms with Crippen LogP contribution in [0.1, 0.15) is 5.56 Å². The molecule has 1 amide bonds. The lowest BCUT2D eigenvalue weighted by Crippen LogP contribution is -2.51. The van der Waals surface area contributed by atoms with Gasteiger partial charge in [-0.05, 0) is 18.2 Å². The monoisotopic (exact) mass is 481 g/mol. The van der Waals surface area contributed by atoms with Crippen molar-refractivity contribution in [3.8, 4) is 0 Å². The van der Waals surface area contributed by atoms with E-state index in [9.17, 15) is 35.6 Å². The molecule has 1 aliphatic rings. The molecule has 0 radical (unpaired) electrons. The summed E-state index contributed by atoms with van der Waals surface area (Å²) in [6.07, 6.45) is -4.25. The fourth-order valence-corrected chi connectivity index (χ4v) is 4.80. The van der Waals surface area contributed by atoms with Crippen molar-refractivity contribution in [3.05, 3.63) is 63.3 Å². The Bertz CT molecular complexity index is 1160. The summed E-state index contributed by atoms with van der Waals surface area (Å²) in [5.74, 6) is -1.58. The molecule has 0 spiro atoms. The number of rotatable bonds is 4. The van der Waals surface area contributed by atoms with Crippen LogP contribution in [0.2, 0.25) is 5.02 Å². The fraction of sp³-hybridized carbons (Fsp3) is 0.333. The first kappa shape index (κ1) is 23.2. The van der Waals surface area contributed by atoms with Gasteiger partial charge in [0.1, 0.15) is 22.3 Å². The van der Waals surface area contributed by atoms with Crippen LogP contribution >= 0.6 is 11.6 Å². The quantitative estimate of drug-likeness (QED) is 0.627. The Morgan fingerprint density at radius 1 is 1.10 bits per heavy atom. The molecule has 3 rings (SSSR count). The van der Waals surface area contributed by atoms with E-state index >= 15 is 0 Å². The van der Waals surface area contributed by atoms with E-state index in [1.54, 1.807) is 0 Å².